The third-order valence-corrected chi connectivity index (χ3v) is 4.22. The third-order valence-electron chi connectivity index (χ3n) is 4.22. The van der Waals surface area contributed by atoms with Crippen molar-refractivity contribution < 1.29 is 4.42 Å². The lowest BCUT2D eigenvalue weighted by atomic mass is 10.1. The Morgan fingerprint density at radius 2 is 2.20 bits per heavy atom. The molecule has 0 aromatic carbocycles. The summed E-state index contributed by atoms with van der Waals surface area (Å²) < 4.78 is 7.64. The summed E-state index contributed by atoms with van der Waals surface area (Å²) in [6.07, 6.45) is 8.85. The molecule has 2 fully saturated rings. The summed E-state index contributed by atoms with van der Waals surface area (Å²) in [5.41, 5.74) is 1.28. The molecule has 6 nitrogen and oxygen atoms in total. The summed E-state index contributed by atoms with van der Waals surface area (Å²) in [5, 5.41) is 12.6. The highest BCUT2D eigenvalue weighted by Gasteiger charge is 2.31. The summed E-state index contributed by atoms with van der Waals surface area (Å²) in [6, 6.07) is 0.431. The lowest BCUT2D eigenvalue weighted by Crippen LogP contribution is -2.22. The van der Waals surface area contributed by atoms with E-state index in [2.05, 4.69) is 26.4 Å². The maximum Gasteiger partial charge on any atom is 0.230 e. The van der Waals surface area contributed by atoms with Crippen LogP contribution in [-0.2, 0) is 13.6 Å². The fourth-order valence-electron chi connectivity index (χ4n) is 3.00. The molecule has 4 rings (SSSR count). The Labute approximate surface area is 117 Å². The monoisotopic (exact) mass is 273 g/mol. The molecule has 1 aliphatic heterocycles. The van der Waals surface area contributed by atoms with Gasteiger partial charge in [-0.1, -0.05) is 0 Å². The highest BCUT2D eigenvalue weighted by Crippen LogP contribution is 2.39. The van der Waals surface area contributed by atoms with Crippen LogP contribution in [0.4, 0.5) is 0 Å². The van der Waals surface area contributed by atoms with Crippen LogP contribution >= 0.6 is 0 Å². The van der Waals surface area contributed by atoms with E-state index in [0.717, 1.165) is 24.9 Å². The quantitative estimate of drug-likeness (QED) is 0.853. The van der Waals surface area contributed by atoms with Crippen molar-refractivity contribution in [2.24, 2.45) is 7.05 Å². The van der Waals surface area contributed by atoms with E-state index < -0.39 is 0 Å². The Balaban J connectivity index is 1.48. The van der Waals surface area contributed by atoms with Crippen LogP contribution in [0.3, 0.4) is 0 Å². The minimum atomic E-state index is 0.431. The number of aromatic nitrogens is 4. The van der Waals surface area contributed by atoms with Gasteiger partial charge in [0.2, 0.25) is 11.8 Å². The zero-order chi connectivity index (χ0) is 13.5. The third kappa shape index (κ3) is 2.24. The minimum absolute atomic E-state index is 0.431. The second kappa shape index (κ2) is 4.70. The standard InChI is InChI=1S/C14H19N5O/c1-18-8-11(7-15-18)12-3-2-6-19(12)9-13-16-17-14(20-13)10-4-5-10/h7-8,10,12H,2-6,9H2,1H3. The predicted molar refractivity (Wildman–Crippen MR) is 71.9 cm³/mol. The second-order valence-electron chi connectivity index (χ2n) is 5.88. The summed E-state index contributed by atoms with van der Waals surface area (Å²) >= 11 is 0. The molecule has 1 unspecified atom stereocenters. The number of rotatable bonds is 4. The molecule has 1 aliphatic carbocycles. The molecule has 0 spiro atoms. The Hall–Kier alpha value is -1.69. The zero-order valence-corrected chi connectivity index (χ0v) is 11.7. The number of hydrogen-bond acceptors (Lipinski definition) is 5. The molecule has 3 heterocycles. The molecule has 2 aromatic rings. The smallest absolute Gasteiger partial charge is 0.230 e. The van der Waals surface area contributed by atoms with E-state index in [4.69, 9.17) is 4.42 Å². The normalized spacial score (nSPS) is 23.6. The molecule has 0 radical (unpaired) electrons. The molecule has 6 heteroatoms. The van der Waals surface area contributed by atoms with E-state index in [9.17, 15) is 0 Å². The minimum Gasteiger partial charge on any atom is -0.424 e. The van der Waals surface area contributed by atoms with E-state index in [1.807, 2.05) is 17.9 Å². The van der Waals surface area contributed by atoms with Crippen LogP contribution in [0.2, 0.25) is 0 Å². The summed E-state index contributed by atoms with van der Waals surface area (Å²) in [6.45, 7) is 1.83. The van der Waals surface area contributed by atoms with E-state index >= 15 is 0 Å². The van der Waals surface area contributed by atoms with E-state index in [1.54, 1.807) is 0 Å². The van der Waals surface area contributed by atoms with Crippen molar-refractivity contribution in [3.63, 3.8) is 0 Å². The van der Waals surface area contributed by atoms with Crippen molar-refractivity contribution in [3.05, 3.63) is 29.7 Å². The first kappa shape index (κ1) is 12.1. The van der Waals surface area contributed by atoms with Crippen LogP contribution in [0.5, 0.6) is 0 Å². The SMILES string of the molecule is Cn1cc(C2CCCN2Cc2nnc(C3CC3)o2)cn1. The van der Waals surface area contributed by atoms with Crippen molar-refractivity contribution in [1.29, 1.82) is 0 Å². The zero-order valence-electron chi connectivity index (χ0n) is 11.7. The highest BCUT2D eigenvalue weighted by atomic mass is 16.4. The molecular weight excluding hydrogens is 254 g/mol. The average Bonchev–Trinajstić information content (AvgIpc) is 2.86. The lowest BCUT2D eigenvalue weighted by Gasteiger charge is -2.21. The molecule has 1 saturated carbocycles. The van der Waals surface area contributed by atoms with Gasteiger partial charge in [-0.2, -0.15) is 5.10 Å². The molecule has 1 atom stereocenters. The fraction of sp³-hybridized carbons (Fsp3) is 0.643. The Morgan fingerprint density at radius 3 is 2.95 bits per heavy atom. The summed E-state index contributed by atoms with van der Waals surface area (Å²) in [5.74, 6) is 2.11. The van der Waals surface area contributed by atoms with Crippen LogP contribution in [0, 0.1) is 0 Å². The number of nitrogens with zero attached hydrogens (tertiary/aromatic N) is 5. The van der Waals surface area contributed by atoms with Gasteiger partial charge in [-0.3, -0.25) is 9.58 Å². The van der Waals surface area contributed by atoms with Gasteiger partial charge in [0.1, 0.15) is 0 Å². The lowest BCUT2D eigenvalue weighted by molar-refractivity contribution is 0.221. The molecule has 0 bridgehead atoms. The van der Waals surface area contributed by atoms with Crippen LogP contribution in [0.15, 0.2) is 16.8 Å². The van der Waals surface area contributed by atoms with Gasteiger partial charge in [0, 0.05) is 30.8 Å². The molecule has 1 saturated heterocycles. The van der Waals surface area contributed by atoms with Crippen molar-refractivity contribution >= 4 is 0 Å². The molecular formula is C14H19N5O. The second-order valence-corrected chi connectivity index (χ2v) is 5.88. The summed E-state index contributed by atoms with van der Waals surface area (Å²) in [4.78, 5) is 2.42. The van der Waals surface area contributed by atoms with E-state index in [-0.39, 0.29) is 0 Å². The maximum atomic E-state index is 5.77. The molecule has 2 aliphatic rings. The predicted octanol–water partition coefficient (Wildman–Crippen LogP) is 2.02. The first-order valence-electron chi connectivity index (χ1n) is 7.34. The van der Waals surface area contributed by atoms with Crippen molar-refractivity contribution in [3.8, 4) is 0 Å². The van der Waals surface area contributed by atoms with E-state index in [0.29, 0.717) is 12.0 Å². The van der Waals surface area contributed by atoms with Gasteiger partial charge in [0.05, 0.1) is 12.7 Å². The number of likely N-dealkylation sites (tertiary alicyclic amines) is 1. The van der Waals surface area contributed by atoms with Gasteiger partial charge < -0.3 is 4.42 Å². The largest absolute Gasteiger partial charge is 0.424 e. The van der Waals surface area contributed by atoms with Gasteiger partial charge in [0.25, 0.3) is 0 Å². The van der Waals surface area contributed by atoms with E-state index in [1.165, 1.54) is 31.2 Å². The van der Waals surface area contributed by atoms with Gasteiger partial charge >= 0.3 is 0 Å². The molecule has 2 aromatic heterocycles. The fourth-order valence-corrected chi connectivity index (χ4v) is 3.00. The van der Waals surface area contributed by atoms with Gasteiger partial charge in [-0.25, -0.2) is 0 Å². The average molecular weight is 273 g/mol. The van der Waals surface area contributed by atoms with Gasteiger partial charge in [-0.15, -0.1) is 10.2 Å². The van der Waals surface area contributed by atoms with Crippen molar-refractivity contribution in [2.75, 3.05) is 6.54 Å². The molecule has 106 valence electrons. The first-order valence-corrected chi connectivity index (χ1v) is 7.34. The Morgan fingerprint density at radius 1 is 1.30 bits per heavy atom. The molecule has 0 amide bonds. The van der Waals surface area contributed by atoms with Gasteiger partial charge in [-0.05, 0) is 32.2 Å². The molecule has 20 heavy (non-hydrogen) atoms. The summed E-state index contributed by atoms with van der Waals surface area (Å²) in [7, 11) is 1.96. The van der Waals surface area contributed by atoms with Crippen molar-refractivity contribution in [1.82, 2.24) is 24.9 Å². The topological polar surface area (TPSA) is 60.0 Å². The van der Waals surface area contributed by atoms with Gasteiger partial charge in [0.15, 0.2) is 0 Å². The number of aryl methyl sites for hydroxylation is 1. The van der Waals surface area contributed by atoms with Crippen LogP contribution in [-0.4, -0.2) is 31.4 Å². The Kier molecular flexibility index (Phi) is 2.84. The van der Waals surface area contributed by atoms with Crippen LogP contribution in [0.25, 0.3) is 0 Å². The van der Waals surface area contributed by atoms with Crippen LogP contribution in [0.1, 0.15) is 55.0 Å². The number of hydrogen-bond donors (Lipinski definition) is 0. The Bertz CT molecular complexity index is 600. The molecule has 0 N–H and O–H groups in total. The van der Waals surface area contributed by atoms with Crippen molar-refractivity contribution in [2.45, 2.75) is 44.2 Å². The first-order chi connectivity index (χ1) is 9.79. The highest BCUT2D eigenvalue weighted by molar-refractivity contribution is 5.12. The maximum absolute atomic E-state index is 5.77. The van der Waals surface area contributed by atoms with Crippen LogP contribution < -0.4 is 0 Å².